The van der Waals surface area contributed by atoms with Crippen molar-refractivity contribution >= 4 is 17.6 Å². The molecule has 6 heteroatoms. The Balaban J connectivity index is 1.53. The van der Waals surface area contributed by atoms with Crippen molar-refractivity contribution in [2.75, 3.05) is 38.1 Å². The molecule has 26 heavy (non-hydrogen) atoms. The Bertz CT molecular complexity index is 684. The summed E-state index contributed by atoms with van der Waals surface area (Å²) in [7, 11) is 0. The summed E-state index contributed by atoms with van der Waals surface area (Å²) < 4.78 is 5.86. The van der Waals surface area contributed by atoms with Crippen molar-refractivity contribution in [3.8, 4) is 5.75 Å². The summed E-state index contributed by atoms with van der Waals surface area (Å²) >= 11 is 0. The van der Waals surface area contributed by atoms with Crippen LogP contribution in [0.25, 0.3) is 0 Å². The van der Waals surface area contributed by atoms with Crippen molar-refractivity contribution in [3.05, 3.63) is 23.8 Å². The summed E-state index contributed by atoms with van der Waals surface area (Å²) in [6.07, 6.45) is 2.50. The topological polar surface area (TPSA) is 66.0 Å². The van der Waals surface area contributed by atoms with Gasteiger partial charge in [0.05, 0.1) is 6.54 Å². The molecule has 1 amide bonds. The van der Waals surface area contributed by atoms with Gasteiger partial charge in [-0.3, -0.25) is 4.79 Å². The van der Waals surface area contributed by atoms with Gasteiger partial charge in [-0.05, 0) is 48.9 Å². The van der Waals surface area contributed by atoms with Crippen LogP contribution in [0.2, 0.25) is 0 Å². The van der Waals surface area contributed by atoms with Crippen LogP contribution in [0, 0.1) is 5.41 Å². The number of nitrogens with one attached hydrogen (secondary N) is 2. The number of carbonyl (C=O) groups is 1. The van der Waals surface area contributed by atoms with Crippen molar-refractivity contribution in [2.24, 2.45) is 10.4 Å². The second-order valence-electron chi connectivity index (χ2n) is 7.79. The number of aryl methyl sites for hydroxylation is 1. The Morgan fingerprint density at radius 2 is 2.23 bits per heavy atom. The van der Waals surface area contributed by atoms with Gasteiger partial charge in [0.2, 0.25) is 5.91 Å². The van der Waals surface area contributed by atoms with Crippen LogP contribution in [0.4, 0.5) is 5.69 Å². The molecule has 0 aliphatic carbocycles. The minimum Gasteiger partial charge on any atom is -0.492 e. The summed E-state index contributed by atoms with van der Waals surface area (Å²) in [4.78, 5) is 18.5. The fraction of sp³-hybridized carbons (Fsp3) is 0.600. The summed E-state index contributed by atoms with van der Waals surface area (Å²) in [5.41, 5.74) is 2.39. The average molecular weight is 358 g/mol. The van der Waals surface area contributed by atoms with E-state index in [1.54, 1.807) is 0 Å². The molecule has 1 saturated heterocycles. The Morgan fingerprint density at radius 1 is 1.38 bits per heavy atom. The number of fused-ring (bicyclic) bond motifs is 1. The Hall–Kier alpha value is -2.24. The molecule has 2 N–H and O–H groups in total. The van der Waals surface area contributed by atoms with E-state index in [-0.39, 0.29) is 5.91 Å². The van der Waals surface area contributed by atoms with E-state index in [4.69, 9.17) is 9.73 Å². The normalized spacial score (nSPS) is 19.1. The third kappa shape index (κ3) is 4.68. The van der Waals surface area contributed by atoms with Crippen molar-refractivity contribution in [2.45, 2.75) is 40.0 Å². The van der Waals surface area contributed by atoms with Gasteiger partial charge < -0.3 is 20.3 Å². The number of aliphatic imine (C=N–C) groups is 1. The first-order valence-corrected chi connectivity index (χ1v) is 9.56. The SMILES string of the molecule is CCNC(=NCCOc1ccc2c(c1)CCC(=O)N2)N1CCC(C)(C)C1. The highest BCUT2D eigenvalue weighted by molar-refractivity contribution is 5.94. The maximum Gasteiger partial charge on any atom is 0.224 e. The summed E-state index contributed by atoms with van der Waals surface area (Å²) in [5, 5.41) is 6.28. The molecule has 0 spiro atoms. The quantitative estimate of drug-likeness (QED) is 0.482. The van der Waals surface area contributed by atoms with Crippen LogP contribution in [0.1, 0.15) is 39.2 Å². The van der Waals surface area contributed by atoms with Crippen molar-refractivity contribution in [3.63, 3.8) is 0 Å². The van der Waals surface area contributed by atoms with Crippen LogP contribution in [-0.4, -0.2) is 49.6 Å². The van der Waals surface area contributed by atoms with Gasteiger partial charge >= 0.3 is 0 Å². The number of rotatable bonds is 5. The molecule has 1 fully saturated rings. The zero-order chi connectivity index (χ0) is 18.6. The van der Waals surface area contributed by atoms with E-state index in [1.807, 2.05) is 18.2 Å². The van der Waals surface area contributed by atoms with E-state index in [0.29, 0.717) is 25.0 Å². The van der Waals surface area contributed by atoms with Crippen molar-refractivity contribution in [1.29, 1.82) is 0 Å². The monoisotopic (exact) mass is 358 g/mol. The van der Waals surface area contributed by atoms with Crippen LogP contribution < -0.4 is 15.4 Å². The number of ether oxygens (including phenoxy) is 1. The molecule has 2 aliphatic heterocycles. The number of hydrogen-bond donors (Lipinski definition) is 2. The molecule has 0 atom stereocenters. The lowest BCUT2D eigenvalue weighted by Gasteiger charge is -2.23. The highest BCUT2D eigenvalue weighted by atomic mass is 16.5. The maximum atomic E-state index is 11.4. The van der Waals surface area contributed by atoms with Gasteiger partial charge in [-0.1, -0.05) is 13.8 Å². The molecule has 1 aromatic rings. The van der Waals surface area contributed by atoms with E-state index in [1.165, 1.54) is 6.42 Å². The molecule has 3 rings (SSSR count). The Kier molecular flexibility index (Phi) is 5.69. The molecular weight excluding hydrogens is 328 g/mol. The zero-order valence-corrected chi connectivity index (χ0v) is 16.1. The number of benzene rings is 1. The smallest absolute Gasteiger partial charge is 0.224 e. The first kappa shape index (κ1) is 18.5. The van der Waals surface area contributed by atoms with Crippen LogP contribution in [0.3, 0.4) is 0 Å². The van der Waals surface area contributed by atoms with Gasteiger partial charge in [0.25, 0.3) is 0 Å². The highest BCUT2D eigenvalue weighted by Crippen LogP contribution is 2.29. The third-order valence-electron chi connectivity index (χ3n) is 4.91. The molecule has 0 unspecified atom stereocenters. The average Bonchev–Trinajstić information content (AvgIpc) is 2.97. The van der Waals surface area contributed by atoms with Gasteiger partial charge in [0.1, 0.15) is 12.4 Å². The molecule has 0 radical (unpaired) electrons. The molecule has 142 valence electrons. The van der Waals surface area contributed by atoms with E-state index in [9.17, 15) is 4.79 Å². The fourth-order valence-corrected chi connectivity index (χ4v) is 3.48. The summed E-state index contributed by atoms with van der Waals surface area (Å²) in [6, 6.07) is 5.84. The minimum absolute atomic E-state index is 0.0848. The number of carbonyl (C=O) groups excluding carboxylic acids is 1. The van der Waals surface area contributed by atoms with Crippen LogP contribution in [0.5, 0.6) is 5.75 Å². The fourth-order valence-electron chi connectivity index (χ4n) is 3.48. The van der Waals surface area contributed by atoms with Crippen LogP contribution in [0.15, 0.2) is 23.2 Å². The maximum absolute atomic E-state index is 11.4. The molecule has 0 bridgehead atoms. The minimum atomic E-state index is 0.0848. The zero-order valence-electron chi connectivity index (χ0n) is 16.1. The van der Waals surface area contributed by atoms with Gasteiger partial charge in [0, 0.05) is 31.7 Å². The molecular formula is C20H30N4O2. The van der Waals surface area contributed by atoms with E-state index in [2.05, 4.69) is 36.3 Å². The van der Waals surface area contributed by atoms with Gasteiger partial charge in [0.15, 0.2) is 5.96 Å². The molecule has 2 aliphatic rings. The number of likely N-dealkylation sites (tertiary alicyclic amines) is 1. The van der Waals surface area contributed by atoms with Crippen LogP contribution >= 0.6 is 0 Å². The lowest BCUT2D eigenvalue weighted by Crippen LogP contribution is -2.41. The largest absolute Gasteiger partial charge is 0.492 e. The van der Waals surface area contributed by atoms with Gasteiger partial charge in [-0.15, -0.1) is 0 Å². The first-order chi connectivity index (χ1) is 12.5. The lowest BCUT2D eigenvalue weighted by molar-refractivity contribution is -0.116. The standard InChI is InChI=1S/C20H30N4O2/c1-4-21-19(24-11-9-20(2,3)14-24)22-10-12-26-16-6-7-17-15(13-16)5-8-18(25)23-17/h6-7,13H,4-5,8-12,14H2,1-3H3,(H,21,22)(H,23,25). The number of guanidine groups is 1. The second kappa shape index (κ2) is 7.98. The van der Waals surface area contributed by atoms with Gasteiger partial charge in [-0.25, -0.2) is 4.99 Å². The second-order valence-corrected chi connectivity index (χ2v) is 7.79. The molecule has 2 heterocycles. The first-order valence-electron chi connectivity index (χ1n) is 9.56. The molecule has 6 nitrogen and oxygen atoms in total. The number of amides is 1. The lowest BCUT2D eigenvalue weighted by atomic mass is 9.93. The van der Waals surface area contributed by atoms with Crippen LogP contribution in [-0.2, 0) is 11.2 Å². The molecule has 0 aromatic heterocycles. The van der Waals surface area contributed by atoms with E-state index in [0.717, 1.165) is 49.0 Å². The predicted molar refractivity (Wildman–Crippen MR) is 105 cm³/mol. The Morgan fingerprint density at radius 3 is 2.96 bits per heavy atom. The molecule has 1 aromatic carbocycles. The molecule has 0 saturated carbocycles. The van der Waals surface area contributed by atoms with Crippen molar-refractivity contribution in [1.82, 2.24) is 10.2 Å². The highest BCUT2D eigenvalue weighted by Gasteiger charge is 2.30. The number of anilines is 1. The number of nitrogens with zero attached hydrogens (tertiary/aromatic N) is 2. The third-order valence-corrected chi connectivity index (χ3v) is 4.91. The number of hydrogen-bond acceptors (Lipinski definition) is 3. The van der Waals surface area contributed by atoms with E-state index >= 15 is 0 Å². The Labute approximate surface area is 156 Å². The summed E-state index contributed by atoms with van der Waals surface area (Å²) in [6.45, 7) is 10.8. The van der Waals surface area contributed by atoms with Gasteiger partial charge in [-0.2, -0.15) is 0 Å². The predicted octanol–water partition coefficient (Wildman–Crippen LogP) is 2.65. The van der Waals surface area contributed by atoms with E-state index < -0.39 is 0 Å². The summed E-state index contributed by atoms with van der Waals surface area (Å²) in [5.74, 6) is 1.90. The van der Waals surface area contributed by atoms with Crippen molar-refractivity contribution < 1.29 is 9.53 Å².